The van der Waals surface area contributed by atoms with Gasteiger partial charge in [0.2, 0.25) is 0 Å². The Morgan fingerprint density at radius 2 is 1.77 bits per heavy atom. The molecule has 6 heteroatoms. The Hall–Kier alpha value is -0.880. The molecule has 0 N–H and O–H groups in total. The quantitative estimate of drug-likeness (QED) is 0.729. The molecule has 0 radical (unpaired) electrons. The van der Waals surface area contributed by atoms with Gasteiger partial charge in [-0.25, -0.2) is 0 Å². The fourth-order valence-electron chi connectivity index (χ4n) is 0.812. The normalized spacial score (nSPS) is 12.1. The first-order valence-electron chi connectivity index (χ1n) is 3.47. The lowest BCUT2D eigenvalue weighted by Crippen LogP contribution is -1.94. The molecular formula is C7H9NO3S2. The standard InChI is InChI=1S/C7H9NO3S2/c1-6-2-4-7(5-3-6)13(10,11)8-12-9/h2-5H,12H2,1H3. The van der Waals surface area contributed by atoms with Gasteiger partial charge in [-0.1, -0.05) is 17.7 Å². The molecule has 0 saturated heterocycles. The first-order valence-corrected chi connectivity index (χ1v) is 5.76. The largest absolute Gasteiger partial charge is 0.289 e. The van der Waals surface area contributed by atoms with Gasteiger partial charge in [-0.05, 0) is 19.1 Å². The minimum Gasteiger partial charge on any atom is -0.255 e. The summed E-state index contributed by atoms with van der Waals surface area (Å²) in [6.45, 7) is 1.85. The molecule has 4 nitrogen and oxygen atoms in total. The summed E-state index contributed by atoms with van der Waals surface area (Å²) in [6, 6.07) is 6.20. The predicted octanol–water partition coefficient (Wildman–Crippen LogP) is 0.545. The summed E-state index contributed by atoms with van der Waals surface area (Å²) in [5.74, 6) is 0. The molecule has 13 heavy (non-hydrogen) atoms. The molecule has 72 valence electrons. The molecule has 0 aromatic heterocycles. The van der Waals surface area contributed by atoms with Crippen LogP contribution in [0.3, 0.4) is 0 Å². The van der Waals surface area contributed by atoms with E-state index in [0.29, 0.717) is 0 Å². The van der Waals surface area contributed by atoms with Crippen molar-refractivity contribution in [2.45, 2.75) is 11.8 Å². The molecule has 1 aromatic rings. The molecular weight excluding hydrogens is 210 g/mol. The molecule has 0 saturated carbocycles. The number of rotatable bonds is 2. The number of benzene rings is 1. The fourth-order valence-corrected chi connectivity index (χ4v) is 2.11. The maximum Gasteiger partial charge on any atom is 0.289 e. The summed E-state index contributed by atoms with van der Waals surface area (Å²) in [5.41, 5.74) is 0.962. The van der Waals surface area contributed by atoms with Crippen molar-refractivity contribution in [2.24, 2.45) is 3.77 Å². The molecule has 0 aliphatic rings. The predicted molar refractivity (Wildman–Crippen MR) is 51.7 cm³/mol. The molecule has 0 unspecified atom stereocenters. The number of aryl methyl sites for hydroxylation is 1. The van der Waals surface area contributed by atoms with Crippen molar-refractivity contribution >= 4 is 21.5 Å². The van der Waals surface area contributed by atoms with Crippen LogP contribution in [-0.2, 0) is 21.5 Å². The second-order valence-corrected chi connectivity index (χ2v) is 4.81. The van der Waals surface area contributed by atoms with E-state index in [1.165, 1.54) is 12.1 Å². The van der Waals surface area contributed by atoms with E-state index >= 15 is 0 Å². The van der Waals surface area contributed by atoms with Gasteiger partial charge < -0.3 is 0 Å². The Morgan fingerprint density at radius 1 is 1.23 bits per heavy atom. The summed E-state index contributed by atoms with van der Waals surface area (Å²) in [4.78, 5) is 0.0708. The third-order valence-corrected chi connectivity index (χ3v) is 3.60. The third-order valence-electron chi connectivity index (χ3n) is 1.48. The van der Waals surface area contributed by atoms with Gasteiger partial charge in [0.1, 0.15) is 0 Å². The number of hydrogen-bond donors (Lipinski definition) is 0. The van der Waals surface area contributed by atoms with E-state index in [1.54, 1.807) is 12.1 Å². The Balaban J connectivity index is 3.24. The lowest BCUT2D eigenvalue weighted by Gasteiger charge is -1.96. The molecule has 0 spiro atoms. The number of sulfonamides is 1. The van der Waals surface area contributed by atoms with Crippen LogP contribution in [0.5, 0.6) is 0 Å². The van der Waals surface area contributed by atoms with Crippen molar-refractivity contribution in [1.82, 2.24) is 0 Å². The van der Waals surface area contributed by atoms with Crippen LogP contribution in [0.15, 0.2) is 32.9 Å². The zero-order valence-electron chi connectivity index (χ0n) is 6.89. The molecule has 0 aliphatic heterocycles. The second kappa shape index (κ2) is 3.89. The highest BCUT2D eigenvalue weighted by molar-refractivity contribution is 7.93. The summed E-state index contributed by atoms with van der Waals surface area (Å²) < 4.78 is 35.4. The van der Waals surface area contributed by atoms with Gasteiger partial charge in [0.05, 0.1) is 4.90 Å². The van der Waals surface area contributed by atoms with Crippen LogP contribution >= 0.6 is 0 Å². The van der Waals surface area contributed by atoms with E-state index in [9.17, 15) is 12.6 Å². The molecule has 0 heterocycles. The lowest BCUT2D eigenvalue weighted by atomic mass is 10.2. The van der Waals surface area contributed by atoms with Crippen molar-refractivity contribution in [2.75, 3.05) is 0 Å². The summed E-state index contributed by atoms with van der Waals surface area (Å²) in [7, 11) is -3.70. The highest BCUT2D eigenvalue weighted by Crippen LogP contribution is 2.12. The van der Waals surface area contributed by atoms with E-state index in [-0.39, 0.29) is 4.90 Å². The molecule has 0 fully saturated rings. The molecule has 0 aliphatic carbocycles. The van der Waals surface area contributed by atoms with Crippen LogP contribution in [0.2, 0.25) is 0 Å². The van der Waals surface area contributed by atoms with Crippen LogP contribution in [0, 0.1) is 6.92 Å². The van der Waals surface area contributed by atoms with Crippen molar-refractivity contribution in [1.29, 1.82) is 0 Å². The van der Waals surface area contributed by atoms with Crippen molar-refractivity contribution in [3.8, 4) is 0 Å². The topological polar surface area (TPSA) is 63.6 Å². The second-order valence-electron chi connectivity index (χ2n) is 2.47. The highest BCUT2D eigenvalue weighted by Gasteiger charge is 2.09. The van der Waals surface area contributed by atoms with Crippen LogP contribution in [0.1, 0.15) is 5.56 Å². The van der Waals surface area contributed by atoms with Gasteiger partial charge in [0, 0.05) is 11.5 Å². The first kappa shape index (κ1) is 10.2. The monoisotopic (exact) mass is 219 g/mol. The van der Waals surface area contributed by atoms with E-state index in [2.05, 4.69) is 3.77 Å². The zero-order chi connectivity index (χ0) is 9.90. The Labute approximate surface area is 79.9 Å². The summed E-state index contributed by atoms with van der Waals surface area (Å²) in [6.07, 6.45) is 0. The minimum absolute atomic E-state index is 0.0708. The van der Waals surface area contributed by atoms with E-state index < -0.39 is 21.5 Å². The molecule has 0 amide bonds. The average Bonchev–Trinajstić information content (AvgIpc) is 2.05. The van der Waals surface area contributed by atoms with Gasteiger partial charge in [-0.3, -0.25) is 4.21 Å². The van der Waals surface area contributed by atoms with Gasteiger partial charge >= 0.3 is 0 Å². The maximum absolute atomic E-state index is 11.2. The summed E-state index contributed by atoms with van der Waals surface area (Å²) in [5, 5.41) is 0. The van der Waals surface area contributed by atoms with Crippen LogP contribution in [-0.4, -0.2) is 12.6 Å². The van der Waals surface area contributed by atoms with Gasteiger partial charge in [-0.2, -0.15) is 8.42 Å². The van der Waals surface area contributed by atoms with Gasteiger partial charge in [0.25, 0.3) is 10.0 Å². The Kier molecular flexibility index (Phi) is 3.05. The minimum atomic E-state index is -3.70. The van der Waals surface area contributed by atoms with Gasteiger partial charge in [0.15, 0.2) is 0 Å². The maximum atomic E-state index is 11.2. The van der Waals surface area contributed by atoms with Crippen molar-refractivity contribution in [3.63, 3.8) is 0 Å². The lowest BCUT2D eigenvalue weighted by molar-refractivity contribution is 0.598. The van der Waals surface area contributed by atoms with Gasteiger partial charge in [-0.15, -0.1) is 3.77 Å². The molecule has 0 bridgehead atoms. The number of nitrogens with zero attached hydrogens (tertiary/aromatic N) is 1. The highest BCUT2D eigenvalue weighted by atomic mass is 32.2. The van der Waals surface area contributed by atoms with E-state index in [4.69, 9.17) is 0 Å². The molecule has 1 aromatic carbocycles. The Morgan fingerprint density at radius 3 is 2.23 bits per heavy atom. The smallest absolute Gasteiger partial charge is 0.255 e. The van der Waals surface area contributed by atoms with Crippen molar-refractivity contribution in [3.05, 3.63) is 29.8 Å². The summed E-state index contributed by atoms with van der Waals surface area (Å²) >= 11 is -1.18. The number of hydrogen-bond acceptors (Lipinski definition) is 3. The third kappa shape index (κ3) is 2.53. The van der Waals surface area contributed by atoms with Crippen LogP contribution in [0.4, 0.5) is 0 Å². The van der Waals surface area contributed by atoms with Crippen LogP contribution < -0.4 is 0 Å². The fraction of sp³-hybridized carbons (Fsp3) is 0.143. The molecule has 1 rings (SSSR count). The molecule has 0 atom stereocenters. The first-order chi connectivity index (χ1) is 6.06. The zero-order valence-corrected chi connectivity index (χ0v) is 8.71. The van der Waals surface area contributed by atoms with Crippen LogP contribution in [0.25, 0.3) is 0 Å². The van der Waals surface area contributed by atoms with E-state index in [1.807, 2.05) is 6.92 Å². The SMILES string of the molecule is Cc1ccc(S(=O)(=O)N=[SH2]=O)cc1. The van der Waals surface area contributed by atoms with Crippen molar-refractivity contribution < 1.29 is 12.6 Å². The average molecular weight is 219 g/mol. The van der Waals surface area contributed by atoms with E-state index in [0.717, 1.165) is 5.56 Å². The Bertz CT molecular complexity index is 443.